The zero-order valence-corrected chi connectivity index (χ0v) is 21.2. The number of fused-ring (bicyclic) bond motifs is 1. The topological polar surface area (TPSA) is 76.9 Å². The number of hydrogen-bond acceptors (Lipinski definition) is 6. The number of benzene rings is 2. The fourth-order valence-corrected chi connectivity index (χ4v) is 5.22. The number of halogens is 1. The van der Waals surface area contributed by atoms with Crippen LogP contribution in [0.15, 0.2) is 73.7 Å². The second-order valence-corrected chi connectivity index (χ2v) is 9.20. The van der Waals surface area contributed by atoms with Crippen molar-refractivity contribution in [2.24, 2.45) is 0 Å². The van der Waals surface area contributed by atoms with Gasteiger partial charge in [0, 0.05) is 35.5 Å². The highest BCUT2D eigenvalue weighted by Gasteiger charge is 2.42. The van der Waals surface area contributed by atoms with Crippen LogP contribution in [-0.4, -0.2) is 33.2 Å². The number of methoxy groups -OCH3 is 1. The summed E-state index contributed by atoms with van der Waals surface area (Å²) >= 11 is 6.01. The molecule has 4 aromatic rings. The molecule has 2 aromatic heterocycles. The lowest BCUT2D eigenvalue weighted by Gasteiger charge is -2.29. The summed E-state index contributed by atoms with van der Waals surface area (Å²) in [7, 11) is 1.64. The Hall–Kier alpha value is -3.84. The van der Waals surface area contributed by atoms with E-state index in [0.29, 0.717) is 16.9 Å². The number of rotatable bonds is 9. The van der Waals surface area contributed by atoms with E-state index < -0.39 is 0 Å². The molecule has 0 fully saturated rings. The standard InChI is InChI=1S/C28H29ClN6O/c1-4-14-28(19-9-7-6-8-10-19)15-13-21-25(28)33-27(34-26(21)30-5-2)32-20-11-12-22(23(16-20)36-3)35-17-24(29)31-18-35/h4,6-12,16-18H,1,5,13-15H2,2-3H3,(H2,30,32,33,34). The predicted octanol–water partition coefficient (Wildman–Crippen LogP) is 6.31. The molecule has 7 nitrogen and oxygen atoms in total. The molecule has 1 unspecified atom stereocenters. The maximum absolute atomic E-state index is 6.01. The molecule has 36 heavy (non-hydrogen) atoms. The van der Waals surface area contributed by atoms with E-state index in [4.69, 9.17) is 26.3 Å². The van der Waals surface area contributed by atoms with Gasteiger partial charge >= 0.3 is 0 Å². The SMILES string of the molecule is C=CCC1(c2ccccc2)CCc2c(NCC)nc(Nc3ccc(-n4cnc(Cl)c4)c(OC)c3)nc21. The van der Waals surface area contributed by atoms with Crippen LogP contribution in [0.5, 0.6) is 5.75 Å². The van der Waals surface area contributed by atoms with E-state index in [1.807, 2.05) is 34.9 Å². The number of ether oxygens (including phenoxy) is 1. The van der Waals surface area contributed by atoms with Crippen molar-refractivity contribution in [3.8, 4) is 11.4 Å². The highest BCUT2D eigenvalue weighted by atomic mass is 35.5. The summed E-state index contributed by atoms with van der Waals surface area (Å²) in [4.78, 5) is 14.0. The van der Waals surface area contributed by atoms with E-state index in [-0.39, 0.29) is 5.41 Å². The predicted molar refractivity (Wildman–Crippen MR) is 145 cm³/mol. The Kier molecular flexibility index (Phi) is 6.65. The van der Waals surface area contributed by atoms with Crippen molar-refractivity contribution in [2.75, 3.05) is 24.3 Å². The molecule has 0 saturated carbocycles. The lowest BCUT2D eigenvalue weighted by Crippen LogP contribution is -2.26. The van der Waals surface area contributed by atoms with Gasteiger partial charge in [-0.2, -0.15) is 4.98 Å². The van der Waals surface area contributed by atoms with E-state index >= 15 is 0 Å². The van der Waals surface area contributed by atoms with Gasteiger partial charge in [0.15, 0.2) is 0 Å². The molecule has 1 aliphatic carbocycles. The number of aromatic nitrogens is 4. The Morgan fingerprint density at radius 3 is 2.72 bits per heavy atom. The largest absolute Gasteiger partial charge is 0.494 e. The maximum Gasteiger partial charge on any atom is 0.229 e. The Balaban J connectivity index is 1.56. The first kappa shape index (κ1) is 23.9. The van der Waals surface area contributed by atoms with Crippen LogP contribution >= 0.6 is 11.6 Å². The molecule has 0 aliphatic heterocycles. The average Bonchev–Trinajstić information content (AvgIpc) is 3.49. The van der Waals surface area contributed by atoms with Crippen molar-refractivity contribution in [3.63, 3.8) is 0 Å². The zero-order valence-electron chi connectivity index (χ0n) is 20.5. The van der Waals surface area contributed by atoms with Crippen molar-refractivity contribution >= 4 is 29.1 Å². The van der Waals surface area contributed by atoms with Crippen LogP contribution in [0.3, 0.4) is 0 Å². The van der Waals surface area contributed by atoms with E-state index in [9.17, 15) is 0 Å². The molecule has 184 valence electrons. The van der Waals surface area contributed by atoms with E-state index in [2.05, 4.69) is 53.4 Å². The van der Waals surface area contributed by atoms with E-state index in [0.717, 1.165) is 48.7 Å². The summed E-state index contributed by atoms with van der Waals surface area (Å²) < 4.78 is 7.47. The van der Waals surface area contributed by atoms with Gasteiger partial charge in [-0.25, -0.2) is 9.97 Å². The molecule has 2 heterocycles. The van der Waals surface area contributed by atoms with Crippen molar-refractivity contribution in [3.05, 3.63) is 95.7 Å². The van der Waals surface area contributed by atoms with Crippen LogP contribution in [0.2, 0.25) is 5.15 Å². The van der Waals surface area contributed by atoms with Gasteiger partial charge in [-0.05, 0) is 43.9 Å². The van der Waals surface area contributed by atoms with Crippen LogP contribution in [0.25, 0.3) is 5.69 Å². The summed E-state index contributed by atoms with van der Waals surface area (Å²) in [5, 5.41) is 7.28. The third-order valence-electron chi connectivity index (χ3n) is 6.69. The van der Waals surface area contributed by atoms with Crippen LogP contribution in [0.1, 0.15) is 36.6 Å². The Bertz CT molecular complexity index is 1390. The van der Waals surface area contributed by atoms with Crippen LogP contribution < -0.4 is 15.4 Å². The molecule has 1 aliphatic rings. The summed E-state index contributed by atoms with van der Waals surface area (Å²) in [6.07, 6.45) is 8.07. The molecule has 1 atom stereocenters. The molecular formula is C28H29ClN6O. The molecule has 5 rings (SSSR count). The van der Waals surface area contributed by atoms with Crippen molar-refractivity contribution in [1.29, 1.82) is 0 Å². The molecular weight excluding hydrogens is 472 g/mol. The number of imidazole rings is 1. The third kappa shape index (κ3) is 4.31. The van der Waals surface area contributed by atoms with Gasteiger partial charge < -0.3 is 19.9 Å². The summed E-state index contributed by atoms with van der Waals surface area (Å²) in [6.45, 7) is 6.92. The lowest BCUT2D eigenvalue weighted by molar-refractivity contribution is 0.413. The van der Waals surface area contributed by atoms with Crippen LogP contribution in [0, 0.1) is 0 Å². The normalized spacial score (nSPS) is 16.4. The zero-order chi connectivity index (χ0) is 25.1. The minimum atomic E-state index is -0.232. The van der Waals surface area contributed by atoms with Crippen molar-refractivity contribution < 1.29 is 4.74 Å². The van der Waals surface area contributed by atoms with Gasteiger partial charge in [-0.1, -0.05) is 48.0 Å². The first-order valence-corrected chi connectivity index (χ1v) is 12.4. The molecule has 0 bridgehead atoms. The molecule has 8 heteroatoms. The second kappa shape index (κ2) is 10.0. The summed E-state index contributed by atoms with van der Waals surface area (Å²) in [6, 6.07) is 16.4. The number of anilines is 3. The molecule has 0 saturated heterocycles. The van der Waals surface area contributed by atoms with Crippen LogP contribution in [-0.2, 0) is 11.8 Å². The average molecular weight is 501 g/mol. The van der Waals surface area contributed by atoms with Crippen LogP contribution in [0.4, 0.5) is 17.5 Å². The number of nitrogens with zero attached hydrogens (tertiary/aromatic N) is 4. The van der Waals surface area contributed by atoms with Gasteiger partial charge in [0.1, 0.15) is 23.0 Å². The molecule has 0 amide bonds. The Morgan fingerprint density at radius 2 is 2.03 bits per heavy atom. The minimum Gasteiger partial charge on any atom is -0.494 e. The van der Waals surface area contributed by atoms with Gasteiger partial charge in [0.25, 0.3) is 0 Å². The second-order valence-electron chi connectivity index (χ2n) is 8.81. The Morgan fingerprint density at radius 1 is 1.19 bits per heavy atom. The van der Waals surface area contributed by atoms with Gasteiger partial charge in [-0.15, -0.1) is 6.58 Å². The van der Waals surface area contributed by atoms with Crippen molar-refractivity contribution in [2.45, 2.75) is 31.6 Å². The van der Waals surface area contributed by atoms with Gasteiger partial charge in [0.2, 0.25) is 5.95 Å². The fraction of sp³-hybridized carbons (Fsp3) is 0.250. The third-order valence-corrected chi connectivity index (χ3v) is 6.89. The smallest absolute Gasteiger partial charge is 0.229 e. The lowest BCUT2D eigenvalue weighted by atomic mass is 9.75. The number of hydrogen-bond donors (Lipinski definition) is 2. The molecule has 0 radical (unpaired) electrons. The number of nitrogens with one attached hydrogen (secondary N) is 2. The summed E-state index contributed by atoms with van der Waals surface area (Å²) in [5.41, 5.74) is 4.90. The van der Waals surface area contributed by atoms with Crippen molar-refractivity contribution in [1.82, 2.24) is 19.5 Å². The minimum absolute atomic E-state index is 0.232. The van der Waals surface area contributed by atoms with Gasteiger partial charge in [0.05, 0.1) is 18.5 Å². The molecule has 2 aromatic carbocycles. The summed E-state index contributed by atoms with van der Waals surface area (Å²) in [5.74, 6) is 2.09. The first-order valence-electron chi connectivity index (χ1n) is 12.0. The van der Waals surface area contributed by atoms with E-state index in [1.165, 1.54) is 11.1 Å². The maximum atomic E-state index is 6.01. The first-order chi connectivity index (χ1) is 17.6. The quantitative estimate of drug-likeness (QED) is 0.262. The van der Waals surface area contributed by atoms with E-state index in [1.54, 1.807) is 19.6 Å². The Labute approximate surface area is 216 Å². The number of allylic oxidation sites excluding steroid dienone is 1. The van der Waals surface area contributed by atoms with Gasteiger partial charge in [-0.3, -0.25) is 0 Å². The highest BCUT2D eigenvalue weighted by molar-refractivity contribution is 6.29. The monoisotopic (exact) mass is 500 g/mol. The fourth-order valence-electron chi connectivity index (χ4n) is 5.07. The molecule has 2 N–H and O–H groups in total. The molecule has 0 spiro atoms. The highest BCUT2D eigenvalue weighted by Crippen LogP contribution is 2.48.